The Morgan fingerprint density at radius 1 is 1.00 bits per heavy atom. The summed E-state index contributed by atoms with van der Waals surface area (Å²) in [5.74, 6) is 0.320. The standard InChI is InChI=1S/C22H24N2O4S/c25-20(14-23-22(27)28-15-17-8-3-1-4-9-17)24-13-7-12-19(24)21(26)29-16-18-10-5-2-6-11-18/h1-6,8-11,19H,7,12-16H2,(H,23,27)/t19-/m0/s1. The summed E-state index contributed by atoms with van der Waals surface area (Å²) in [6.45, 7) is 0.491. The molecule has 1 aliphatic rings. The zero-order valence-electron chi connectivity index (χ0n) is 16.1. The Labute approximate surface area is 174 Å². The Morgan fingerprint density at radius 3 is 2.34 bits per heavy atom. The fourth-order valence-electron chi connectivity index (χ4n) is 3.16. The summed E-state index contributed by atoms with van der Waals surface area (Å²) in [6.07, 6.45) is 0.792. The summed E-state index contributed by atoms with van der Waals surface area (Å²) in [5, 5.41) is 2.47. The van der Waals surface area contributed by atoms with Crippen LogP contribution in [0.2, 0.25) is 0 Å². The molecule has 0 saturated carbocycles. The largest absolute Gasteiger partial charge is 0.445 e. The molecule has 0 spiro atoms. The van der Waals surface area contributed by atoms with E-state index in [9.17, 15) is 14.4 Å². The Hall–Kier alpha value is -2.80. The van der Waals surface area contributed by atoms with Crippen molar-refractivity contribution >= 4 is 28.9 Å². The second kappa shape index (κ2) is 10.7. The van der Waals surface area contributed by atoms with Crippen molar-refractivity contribution in [3.8, 4) is 0 Å². The van der Waals surface area contributed by atoms with Gasteiger partial charge in [0.15, 0.2) is 0 Å². The van der Waals surface area contributed by atoms with Gasteiger partial charge in [0.25, 0.3) is 0 Å². The number of thioether (sulfide) groups is 1. The first-order chi connectivity index (χ1) is 14.1. The molecule has 0 bridgehead atoms. The number of hydrogen-bond donors (Lipinski definition) is 1. The van der Waals surface area contributed by atoms with E-state index in [-0.39, 0.29) is 24.2 Å². The highest BCUT2D eigenvalue weighted by molar-refractivity contribution is 8.13. The smallest absolute Gasteiger partial charge is 0.407 e. The Kier molecular flexibility index (Phi) is 7.69. The summed E-state index contributed by atoms with van der Waals surface area (Å²) < 4.78 is 5.11. The zero-order valence-corrected chi connectivity index (χ0v) is 16.9. The van der Waals surface area contributed by atoms with E-state index in [1.807, 2.05) is 60.7 Å². The third-order valence-electron chi connectivity index (χ3n) is 4.67. The molecule has 3 rings (SSSR count). The quantitative estimate of drug-likeness (QED) is 0.755. The van der Waals surface area contributed by atoms with Gasteiger partial charge >= 0.3 is 6.09 Å². The number of amides is 2. The van der Waals surface area contributed by atoms with Crippen molar-refractivity contribution in [2.24, 2.45) is 0 Å². The van der Waals surface area contributed by atoms with Crippen LogP contribution in [-0.4, -0.2) is 41.1 Å². The average molecular weight is 413 g/mol. The van der Waals surface area contributed by atoms with Crippen LogP contribution < -0.4 is 5.32 Å². The van der Waals surface area contributed by atoms with E-state index in [0.29, 0.717) is 18.7 Å². The van der Waals surface area contributed by atoms with Crippen molar-refractivity contribution in [1.82, 2.24) is 10.2 Å². The lowest BCUT2D eigenvalue weighted by Crippen LogP contribution is -2.45. The second-order valence-corrected chi connectivity index (χ2v) is 7.73. The van der Waals surface area contributed by atoms with Gasteiger partial charge in [-0.05, 0) is 24.0 Å². The second-order valence-electron chi connectivity index (χ2n) is 6.75. The molecule has 1 saturated heterocycles. The van der Waals surface area contributed by atoms with Gasteiger partial charge < -0.3 is 15.0 Å². The molecule has 1 atom stereocenters. The molecule has 152 valence electrons. The molecule has 2 aromatic rings. The molecular formula is C22H24N2O4S. The van der Waals surface area contributed by atoms with Crippen LogP contribution in [0.1, 0.15) is 24.0 Å². The zero-order chi connectivity index (χ0) is 20.5. The number of ether oxygens (including phenoxy) is 1. The lowest BCUT2D eigenvalue weighted by Gasteiger charge is -2.23. The maximum absolute atomic E-state index is 12.6. The normalized spacial score (nSPS) is 15.7. The molecule has 2 amide bonds. The molecule has 7 heteroatoms. The van der Waals surface area contributed by atoms with Crippen LogP contribution in [0.15, 0.2) is 60.7 Å². The summed E-state index contributed by atoms with van der Waals surface area (Å²) >= 11 is 1.23. The van der Waals surface area contributed by atoms with E-state index in [4.69, 9.17) is 4.74 Å². The van der Waals surface area contributed by atoms with Gasteiger partial charge in [-0.25, -0.2) is 4.79 Å². The van der Waals surface area contributed by atoms with Crippen molar-refractivity contribution in [2.75, 3.05) is 13.1 Å². The molecule has 0 radical (unpaired) electrons. The van der Waals surface area contributed by atoms with Gasteiger partial charge in [-0.2, -0.15) is 0 Å². The van der Waals surface area contributed by atoms with Crippen molar-refractivity contribution < 1.29 is 19.1 Å². The Bertz CT molecular complexity index is 829. The molecule has 1 aliphatic heterocycles. The van der Waals surface area contributed by atoms with Crippen LogP contribution in [0.25, 0.3) is 0 Å². The number of likely N-dealkylation sites (tertiary alicyclic amines) is 1. The molecular weight excluding hydrogens is 388 g/mol. The van der Waals surface area contributed by atoms with Crippen LogP contribution in [-0.2, 0) is 26.7 Å². The molecule has 29 heavy (non-hydrogen) atoms. The van der Waals surface area contributed by atoms with Crippen molar-refractivity contribution in [1.29, 1.82) is 0 Å². The lowest BCUT2D eigenvalue weighted by atomic mass is 10.2. The molecule has 0 unspecified atom stereocenters. The highest BCUT2D eigenvalue weighted by atomic mass is 32.2. The topological polar surface area (TPSA) is 75.7 Å². The van der Waals surface area contributed by atoms with Crippen LogP contribution in [0.4, 0.5) is 4.79 Å². The minimum Gasteiger partial charge on any atom is -0.445 e. The van der Waals surface area contributed by atoms with Gasteiger partial charge in [-0.3, -0.25) is 9.59 Å². The first-order valence-electron chi connectivity index (χ1n) is 9.58. The monoisotopic (exact) mass is 412 g/mol. The molecule has 0 aliphatic carbocycles. The number of carbonyl (C=O) groups is 3. The van der Waals surface area contributed by atoms with Crippen molar-refractivity contribution in [2.45, 2.75) is 31.2 Å². The van der Waals surface area contributed by atoms with Crippen LogP contribution >= 0.6 is 11.8 Å². The first-order valence-corrected chi connectivity index (χ1v) is 10.6. The van der Waals surface area contributed by atoms with E-state index in [1.54, 1.807) is 4.90 Å². The summed E-state index contributed by atoms with van der Waals surface area (Å²) in [6, 6.07) is 18.6. The van der Waals surface area contributed by atoms with E-state index in [2.05, 4.69) is 5.32 Å². The fraction of sp³-hybridized carbons (Fsp3) is 0.318. The number of benzene rings is 2. The third-order valence-corrected chi connectivity index (χ3v) is 5.70. The predicted molar refractivity (Wildman–Crippen MR) is 112 cm³/mol. The maximum Gasteiger partial charge on any atom is 0.407 e. The van der Waals surface area contributed by atoms with Gasteiger partial charge in [0, 0.05) is 12.3 Å². The Balaban J connectivity index is 1.43. The molecule has 1 fully saturated rings. The molecule has 1 heterocycles. The molecule has 6 nitrogen and oxygen atoms in total. The van der Waals surface area contributed by atoms with Crippen molar-refractivity contribution in [3.63, 3.8) is 0 Å². The highest BCUT2D eigenvalue weighted by Gasteiger charge is 2.34. The number of hydrogen-bond acceptors (Lipinski definition) is 5. The SMILES string of the molecule is O=C(NCC(=O)N1CCC[C@H]1C(=O)SCc1ccccc1)OCc1ccccc1. The van der Waals surface area contributed by atoms with Crippen LogP contribution in [0.5, 0.6) is 0 Å². The average Bonchev–Trinajstić information content (AvgIpc) is 3.26. The van der Waals surface area contributed by atoms with Crippen molar-refractivity contribution in [3.05, 3.63) is 71.8 Å². The lowest BCUT2D eigenvalue weighted by molar-refractivity contribution is -0.134. The summed E-state index contributed by atoms with van der Waals surface area (Å²) in [7, 11) is 0. The summed E-state index contributed by atoms with van der Waals surface area (Å²) in [5.41, 5.74) is 1.94. The minimum absolute atomic E-state index is 0.00800. The van der Waals surface area contributed by atoms with Gasteiger partial charge in [0.05, 0.1) is 0 Å². The van der Waals surface area contributed by atoms with Gasteiger partial charge in [-0.15, -0.1) is 0 Å². The molecule has 2 aromatic carbocycles. The summed E-state index contributed by atoms with van der Waals surface area (Å²) in [4.78, 5) is 38.5. The van der Waals surface area contributed by atoms with E-state index in [1.165, 1.54) is 11.8 Å². The Morgan fingerprint density at radius 2 is 1.66 bits per heavy atom. The van der Waals surface area contributed by atoms with Crippen LogP contribution in [0, 0.1) is 0 Å². The molecule has 1 N–H and O–H groups in total. The van der Waals surface area contributed by atoms with Gasteiger partial charge in [0.2, 0.25) is 11.0 Å². The highest BCUT2D eigenvalue weighted by Crippen LogP contribution is 2.24. The number of alkyl carbamates (subject to hydrolysis) is 1. The maximum atomic E-state index is 12.6. The fourth-order valence-corrected chi connectivity index (χ4v) is 4.10. The number of rotatable bonds is 7. The minimum atomic E-state index is -0.650. The number of nitrogens with zero attached hydrogens (tertiary/aromatic N) is 1. The number of nitrogens with one attached hydrogen (secondary N) is 1. The predicted octanol–water partition coefficient (Wildman–Crippen LogP) is 3.36. The van der Waals surface area contributed by atoms with E-state index < -0.39 is 12.1 Å². The third kappa shape index (κ3) is 6.35. The van der Waals surface area contributed by atoms with Gasteiger partial charge in [0.1, 0.15) is 19.2 Å². The van der Waals surface area contributed by atoms with Crippen LogP contribution in [0.3, 0.4) is 0 Å². The van der Waals surface area contributed by atoms with E-state index in [0.717, 1.165) is 17.5 Å². The first kappa shape index (κ1) is 20.9. The van der Waals surface area contributed by atoms with Gasteiger partial charge in [-0.1, -0.05) is 72.4 Å². The number of carbonyl (C=O) groups excluding carboxylic acids is 3. The molecule has 0 aromatic heterocycles. The van der Waals surface area contributed by atoms with E-state index >= 15 is 0 Å².